The van der Waals surface area contributed by atoms with Crippen LogP contribution in [0.15, 0.2) is 121 Å². The highest BCUT2D eigenvalue weighted by Crippen LogP contribution is 2.37. The monoisotopic (exact) mass is 708 g/mol. The van der Waals surface area contributed by atoms with E-state index in [0.29, 0.717) is 0 Å². The summed E-state index contributed by atoms with van der Waals surface area (Å²) in [4.78, 5) is 54.1. The molecule has 7 aromatic rings. The average Bonchev–Trinajstić information content (AvgIpc) is 3.97. The minimum absolute atomic E-state index is 0.245. The highest BCUT2D eigenvalue weighted by atomic mass is 32.1. The third kappa shape index (κ3) is 5.67. The van der Waals surface area contributed by atoms with Crippen LogP contribution in [0, 0.1) is 23.7 Å². The molecule has 0 spiro atoms. The Morgan fingerprint density at radius 1 is 0.462 bits per heavy atom. The molecule has 2 aliphatic rings. The van der Waals surface area contributed by atoms with Crippen molar-refractivity contribution in [1.29, 1.82) is 0 Å². The summed E-state index contributed by atoms with van der Waals surface area (Å²) in [6, 6.07) is 32.9. The Hall–Kier alpha value is -6.58. The Bertz CT molecular complexity index is 2810. The lowest BCUT2D eigenvalue weighted by molar-refractivity contribution is -0.139. The zero-order valence-electron chi connectivity index (χ0n) is 27.3. The second kappa shape index (κ2) is 12.6. The molecule has 5 aromatic carbocycles. The van der Waals surface area contributed by atoms with Gasteiger partial charge in [-0.3, -0.25) is 29.0 Å². The van der Waals surface area contributed by atoms with Gasteiger partial charge in [0, 0.05) is 55.6 Å². The fraction of sp³-hybridized carbons (Fsp3) is 0.0455. The average molecular weight is 709 g/mol. The van der Waals surface area contributed by atoms with Gasteiger partial charge in [0.15, 0.2) is 0 Å². The van der Waals surface area contributed by atoms with Crippen LogP contribution in [0.2, 0.25) is 0 Å². The number of thiophene rings is 2. The Morgan fingerprint density at radius 3 is 1.54 bits per heavy atom. The normalized spacial score (nSPS) is 13.9. The van der Waals surface area contributed by atoms with Crippen LogP contribution < -0.4 is 0 Å². The molecule has 0 bridgehead atoms. The van der Waals surface area contributed by atoms with E-state index in [4.69, 9.17) is 0 Å². The summed E-state index contributed by atoms with van der Waals surface area (Å²) < 4.78 is 0. The Kier molecular flexibility index (Phi) is 7.63. The molecule has 0 aliphatic carbocycles. The van der Waals surface area contributed by atoms with Crippen LogP contribution in [0.1, 0.15) is 31.3 Å². The van der Waals surface area contributed by atoms with Crippen LogP contribution in [-0.2, 0) is 32.3 Å². The molecular formula is C44H24N2O4S2. The summed E-state index contributed by atoms with van der Waals surface area (Å²) >= 11 is 3.05. The first-order valence-electron chi connectivity index (χ1n) is 16.5. The molecule has 8 heteroatoms. The molecule has 0 N–H and O–H groups in total. The molecule has 4 heterocycles. The van der Waals surface area contributed by atoms with E-state index in [1.54, 1.807) is 11.3 Å². The van der Waals surface area contributed by atoms with Crippen molar-refractivity contribution in [3.05, 3.63) is 153 Å². The number of benzene rings is 5. The van der Waals surface area contributed by atoms with E-state index in [2.05, 4.69) is 72.2 Å². The van der Waals surface area contributed by atoms with Crippen molar-refractivity contribution in [2.45, 2.75) is 13.1 Å². The number of carbonyl (C=O) groups is 4. The van der Waals surface area contributed by atoms with E-state index < -0.39 is 0 Å². The van der Waals surface area contributed by atoms with Gasteiger partial charge in [-0.2, -0.15) is 0 Å². The van der Waals surface area contributed by atoms with Crippen LogP contribution in [0.4, 0.5) is 0 Å². The van der Waals surface area contributed by atoms with Crippen molar-refractivity contribution in [2.24, 2.45) is 0 Å². The lowest BCUT2D eigenvalue weighted by Gasteiger charge is -2.13. The topological polar surface area (TPSA) is 74.8 Å². The highest BCUT2D eigenvalue weighted by molar-refractivity contribution is 7.15. The number of amides is 4. The van der Waals surface area contributed by atoms with Crippen molar-refractivity contribution in [2.75, 3.05) is 0 Å². The van der Waals surface area contributed by atoms with Crippen LogP contribution in [0.3, 0.4) is 0 Å². The fourth-order valence-electron chi connectivity index (χ4n) is 6.64. The third-order valence-electron chi connectivity index (χ3n) is 9.25. The zero-order valence-corrected chi connectivity index (χ0v) is 28.9. The van der Waals surface area contributed by atoms with Gasteiger partial charge in [-0.15, -0.1) is 22.7 Å². The Balaban J connectivity index is 0.975. The van der Waals surface area contributed by atoms with Crippen LogP contribution >= 0.6 is 22.7 Å². The van der Waals surface area contributed by atoms with Gasteiger partial charge in [0.1, 0.15) is 0 Å². The van der Waals surface area contributed by atoms with Gasteiger partial charge < -0.3 is 0 Å². The molecule has 0 fully saturated rings. The molecule has 0 saturated carbocycles. The standard InChI is InChI=1S/C44H24N2O4S2/c47-39-21-22-40(48)45(39)25-34-16-15-33(51-34)14-11-29-8-10-32-12-18-36-28(7-9-31-13-19-37(29)44(32)43(31)36)4-1-27-2-5-30(6-3-27)38-20-17-35(52-38)26-46-41(49)23-24-42(46)50/h2-3,5-10,12-13,15-24H,25-26H2. The number of rotatable bonds is 5. The smallest absolute Gasteiger partial charge is 0.253 e. The molecule has 0 saturated heterocycles. The predicted octanol–water partition coefficient (Wildman–Crippen LogP) is 8.02. The molecule has 52 heavy (non-hydrogen) atoms. The largest absolute Gasteiger partial charge is 0.270 e. The fourth-order valence-corrected chi connectivity index (χ4v) is 8.49. The van der Waals surface area contributed by atoms with Crippen molar-refractivity contribution < 1.29 is 19.2 Å². The summed E-state index contributed by atoms with van der Waals surface area (Å²) in [5, 5.41) is 6.76. The van der Waals surface area contributed by atoms with E-state index in [9.17, 15) is 19.2 Å². The summed E-state index contributed by atoms with van der Waals surface area (Å²) in [6.07, 6.45) is 5.22. The Morgan fingerprint density at radius 2 is 0.962 bits per heavy atom. The van der Waals surface area contributed by atoms with Gasteiger partial charge in [0.25, 0.3) is 23.6 Å². The number of carbonyl (C=O) groups excluding carboxylic acids is 4. The van der Waals surface area contributed by atoms with Crippen molar-refractivity contribution >= 4 is 78.6 Å². The summed E-state index contributed by atoms with van der Waals surface area (Å²) in [5.41, 5.74) is 3.82. The van der Waals surface area contributed by atoms with Gasteiger partial charge >= 0.3 is 0 Å². The van der Waals surface area contributed by atoms with Gasteiger partial charge in [-0.05, 0) is 86.4 Å². The van der Waals surface area contributed by atoms with Crippen LogP contribution in [-0.4, -0.2) is 33.4 Å². The van der Waals surface area contributed by atoms with Crippen LogP contribution in [0.5, 0.6) is 0 Å². The van der Waals surface area contributed by atoms with E-state index >= 15 is 0 Å². The molecule has 2 aliphatic heterocycles. The quantitative estimate of drug-likeness (QED) is 0.103. The number of imide groups is 2. The maximum atomic E-state index is 12.0. The molecule has 0 atom stereocenters. The number of hydrogen-bond acceptors (Lipinski definition) is 6. The zero-order chi connectivity index (χ0) is 35.3. The van der Waals surface area contributed by atoms with Gasteiger partial charge in [-0.1, -0.05) is 72.2 Å². The SMILES string of the molecule is O=C1C=CC(=O)N1Cc1ccc(C#Cc2ccc3ccc4c(C#Cc5ccc(-c6ccc(CN7C(=O)C=CC7=O)s6)cc5)ccc5ccc2c3c54)s1. The Labute approximate surface area is 306 Å². The van der Waals surface area contributed by atoms with Gasteiger partial charge in [0.05, 0.1) is 18.0 Å². The van der Waals surface area contributed by atoms with Crippen LogP contribution in [0.25, 0.3) is 42.8 Å². The predicted molar refractivity (Wildman–Crippen MR) is 206 cm³/mol. The van der Waals surface area contributed by atoms with E-state index in [1.165, 1.54) is 45.4 Å². The van der Waals surface area contributed by atoms with Gasteiger partial charge in [0.2, 0.25) is 0 Å². The number of nitrogens with zero attached hydrogens (tertiary/aromatic N) is 2. The molecule has 246 valence electrons. The molecule has 0 radical (unpaired) electrons. The van der Waals surface area contributed by atoms with E-state index in [0.717, 1.165) is 74.1 Å². The molecule has 9 rings (SSSR count). The second-order valence-electron chi connectivity index (χ2n) is 12.4. The first-order chi connectivity index (χ1) is 25.4. The third-order valence-corrected chi connectivity index (χ3v) is 11.4. The van der Waals surface area contributed by atoms with Crippen molar-refractivity contribution in [1.82, 2.24) is 9.80 Å². The van der Waals surface area contributed by atoms with Gasteiger partial charge in [-0.25, -0.2) is 0 Å². The first-order valence-corrected chi connectivity index (χ1v) is 18.1. The second-order valence-corrected chi connectivity index (χ2v) is 14.8. The molecule has 4 amide bonds. The van der Waals surface area contributed by atoms with Crippen molar-refractivity contribution in [3.63, 3.8) is 0 Å². The van der Waals surface area contributed by atoms with E-state index in [-0.39, 0.29) is 36.7 Å². The lowest BCUT2D eigenvalue weighted by atomic mass is 9.90. The minimum atomic E-state index is -0.291. The summed E-state index contributed by atoms with van der Waals surface area (Å²) in [5.74, 6) is 12.3. The molecule has 6 nitrogen and oxygen atoms in total. The maximum Gasteiger partial charge on any atom is 0.253 e. The molecular weight excluding hydrogens is 685 g/mol. The first kappa shape index (κ1) is 31.4. The molecule has 2 aromatic heterocycles. The molecule has 0 unspecified atom stereocenters. The minimum Gasteiger partial charge on any atom is -0.270 e. The highest BCUT2D eigenvalue weighted by Gasteiger charge is 2.25. The summed E-state index contributed by atoms with van der Waals surface area (Å²) in [7, 11) is 0. The maximum absolute atomic E-state index is 12.0. The summed E-state index contributed by atoms with van der Waals surface area (Å²) in [6.45, 7) is 0.519. The van der Waals surface area contributed by atoms with E-state index in [1.807, 2.05) is 48.5 Å². The number of hydrogen-bond donors (Lipinski definition) is 0. The lowest BCUT2D eigenvalue weighted by Crippen LogP contribution is -2.28. The van der Waals surface area contributed by atoms with Crippen molar-refractivity contribution in [3.8, 4) is 34.1 Å².